The van der Waals surface area contributed by atoms with Crippen molar-refractivity contribution in [1.29, 1.82) is 0 Å². The summed E-state index contributed by atoms with van der Waals surface area (Å²) in [6.07, 6.45) is 3.68. The first kappa shape index (κ1) is 17.2. The van der Waals surface area contributed by atoms with Crippen molar-refractivity contribution in [3.63, 3.8) is 0 Å². The Morgan fingerprint density at radius 1 is 1.22 bits per heavy atom. The number of rotatable bonds is 3. The van der Waals surface area contributed by atoms with Crippen LogP contribution in [-0.2, 0) is 0 Å². The van der Waals surface area contributed by atoms with Gasteiger partial charge < -0.3 is 14.7 Å². The van der Waals surface area contributed by atoms with Crippen molar-refractivity contribution in [2.24, 2.45) is 0 Å². The van der Waals surface area contributed by atoms with Crippen molar-refractivity contribution >= 4 is 17.1 Å². The monoisotopic (exact) mass is 368 g/mol. The molecule has 9 nitrogen and oxygen atoms in total. The predicted molar refractivity (Wildman–Crippen MR) is 97.0 cm³/mol. The van der Waals surface area contributed by atoms with E-state index in [-0.39, 0.29) is 6.04 Å². The Kier molecular flexibility index (Phi) is 4.35. The Morgan fingerprint density at radius 3 is 2.70 bits per heavy atom. The average Bonchev–Trinajstić information content (AvgIpc) is 3.09. The second kappa shape index (κ2) is 6.82. The van der Waals surface area contributed by atoms with E-state index < -0.39 is 6.09 Å². The first-order valence-electron chi connectivity index (χ1n) is 8.81. The zero-order valence-corrected chi connectivity index (χ0v) is 15.2. The van der Waals surface area contributed by atoms with Crippen LogP contribution in [0.15, 0.2) is 24.7 Å². The van der Waals surface area contributed by atoms with Crippen molar-refractivity contribution in [1.82, 2.24) is 29.6 Å². The molecular weight excluding hydrogens is 348 g/mol. The quantitative estimate of drug-likeness (QED) is 0.757. The maximum Gasteiger partial charge on any atom is 0.407 e. The van der Waals surface area contributed by atoms with Gasteiger partial charge in [0.1, 0.15) is 11.7 Å². The first-order chi connectivity index (χ1) is 13.0. The Balaban J connectivity index is 1.61. The number of carbonyl (C=O) groups is 1. The molecular formula is C18H20N6O3. The van der Waals surface area contributed by atoms with E-state index in [1.165, 1.54) is 11.2 Å². The maximum atomic E-state index is 11.1. The van der Waals surface area contributed by atoms with Crippen LogP contribution in [0.5, 0.6) is 11.6 Å². The molecule has 1 aliphatic heterocycles. The maximum absolute atomic E-state index is 11.1. The van der Waals surface area contributed by atoms with Crippen LogP contribution in [0.4, 0.5) is 4.79 Å². The van der Waals surface area contributed by atoms with E-state index in [0.29, 0.717) is 43.2 Å². The topological polar surface area (TPSA) is 106 Å². The standard InChI is InChI=1S/C18H20N6O3/c1-11-3-4-15(12(2)22-11)27-17-14-9-21-24(16(14)19-10-20-17)13-5-7-23(8-6-13)18(25)26/h3-4,9-10,13H,5-8H2,1-2H3,(H,25,26). The van der Waals surface area contributed by atoms with Crippen LogP contribution in [-0.4, -0.2) is 53.9 Å². The molecule has 0 atom stereocenters. The van der Waals surface area contributed by atoms with Crippen LogP contribution < -0.4 is 4.74 Å². The van der Waals surface area contributed by atoms with Gasteiger partial charge in [0.25, 0.3) is 0 Å². The third kappa shape index (κ3) is 3.27. The van der Waals surface area contributed by atoms with E-state index in [2.05, 4.69) is 20.1 Å². The first-order valence-corrected chi connectivity index (χ1v) is 8.81. The third-order valence-electron chi connectivity index (χ3n) is 4.82. The number of nitrogens with zero attached hydrogens (tertiary/aromatic N) is 6. The number of aryl methyl sites for hydroxylation is 2. The lowest BCUT2D eigenvalue weighted by Crippen LogP contribution is -2.38. The second-order valence-corrected chi connectivity index (χ2v) is 6.64. The van der Waals surface area contributed by atoms with E-state index in [9.17, 15) is 4.79 Å². The van der Waals surface area contributed by atoms with Crippen LogP contribution in [0.3, 0.4) is 0 Å². The number of pyridine rings is 1. The summed E-state index contributed by atoms with van der Waals surface area (Å²) in [5, 5.41) is 14.3. The second-order valence-electron chi connectivity index (χ2n) is 6.64. The van der Waals surface area contributed by atoms with Crippen molar-refractivity contribution in [2.45, 2.75) is 32.7 Å². The summed E-state index contributed by atoms with van der Waals surface area (Å²) >= 11 is 0. The molecule has 27 heavy (non-hydrogen) atoms. The summed E-state index contributed by atoms with van der Waals surface area (Å²) in [5.74, 6) is 1.08. The summed E-state index contributed by atoms with van der Waals surface area (Å²) in [7, 11) is 0. The molecule has 0 bridgehead atoms. The molecule has 1 fully saturated rings. The normalized spacial score (nSPS) is 15.3. The number of fused-ring (bicyclic) bond motifs is 1. The Labute approximate surface area is 155 Å². The van der Waals surface area contributed by atoms with Gasteiger partial charge in [-0.05, 0) is 38.8 Å². The molecule has 0 aliphatic carbocycles. The summed E-state index contributed by atoms with van der Waals surface area (Å²) in [4.78, 5) is 25.6. The van der Waals surface area contributed by atoms with E-state index >= 15 is 0 Å². The van der Waals surface area contributed by atoms with Gasteiger partial charge in [-0.3, -0.25) is 4.98 Å². The molecule has 1 amide bonds. The van der Waals surface area contributed by atoms with E-state index in [1.54, 1.807) is 6.20 Å². The minimum Gasteiger partial charge on any atom is -0.465 e. The highest BCUT2D eigenvalue weighted by atomic mass is 16.5. The van der Waals surface area contributed by atoms with Crippen LogP contribution in [0.1, 0.15) is 30.3 Å². The number of hydrogen-bond acceptors (Lipinski definition) is 6. The fourth-order valence-electron chi connectivity index (χ4n) is 3.38. The van der Waals surface area contributed by atoms with Gasteiger partial charge in [0.15, 0.2) is 11.4 Å². The van der Waals surface area contributed by atoms with Gasteiger partial charge in [-0.1, -0.05) is 0 Å². The summed E-state index contributed by atoms with van der Waals surface area (Å²) in [5.41, 5.74) is 2.40. The van der Waals surface area contributed by atoms with Crippen LogP contribution >= 0.6 is 0 Å². The minimum absolute atomic E-state index is 0.101. The molecule has 0 aromatic carbocycles. The van der Waals surface area contributed by atoms with E-state index in [1.807, 2.05) is 30.7 Å². The fraction of sp³-hybridized carbons (Fsp3) is 0.389. The van der Waals surface area contributed by atoms with Crippen LogP contribution in [0, 0.1) is 13.8 Å². The molecule has 9 heteroatoms. The number of likely N-dealkylation sites (tertiary alicyclic amines) is 1. The van der Waals surface area contributed by atoms with Crippen LogP contribution in [0.2, 0.25) is 0 Å². The molecule has 3 aromatic rings. The average molecular weight is 368 g/mol. The van der Waals surface area contributed by atoms with Gasteiger partial charge >= 0.3 is 6.09 Å². The highest BCUT2D eigenvalue weighted by Gasteiger charge is 2.26. The highest BCUT2D eigenvalue weighted by Crippen LogP contribution is 2.31. The number of amides is 1. The molecule has 0 radical (unpaired) electrons. The highest BCUT2D eigenvalue weighted by molar-refractivity contribution is 5.80. The number of aromatic nitrogens is 5. The van der Waals surface area contributed by atoms with Gasteiger partial charge in [-0.25, -0.2) is 19.4 Å². The molecule has 3 aromatic heterocycles. The molecule has 1 N–H and O–H groups in total. The lowest BCUT2D eigenvalue weighted by atomic mass is 10.1. The molecule has 0 spiro atoms. The molecule has 1 aliphatic rings. The molecule has 4 heterocycles. The van der Waals surface area contributed by atoms with Crippen LogP contribution in [0.25, 0.3) is 11.0 Å². The predicted octanol–water partition coefficient (Wildman–Crippen LogP) is 2.95. The summed E-state index contributed by atoms with van der Waals surface area (Å²) < 4.78 is 7.82. The molecule has 4 rings (SSSR count). The smallest absolute Gasteiger partial charge is 0.407 e. The van der Waals surface area contributed by atoms with Crippen molar-refractivity contribution < 1.29 is 14.6 Å². The fourth-order valence-corrected chi connectivity index (χ4v) is 3.38. The largest absolute Gasteiger partial charge is 0.465 e. The number of piperidine rings is 1. The van der Waals surface area contributed by atoms with Crippen molar-refractivity contribution in [3.05, 3.63) is 36.0 Å². The summed E-state index contributed by atoms with van der Waals surface area (Å²) in [6, 6.07) is 3.86. The van der Waals surface area contributed by atoms with Gasteiger partial charge in [0.2, 0.25) is 5.88 Å². The number of ether oxygens (including phenoxy) is 1. The SMILES string of the molecule is Cc1ccc(Oc2ncnc3c2cnn3C2CCN(C(=O)O)CC2)c(C)n1. The Hall–Kier alpha value is -3.23. The molecule has 140 valence electrons. The van der Waals surface area contributed by atoms with Crippen molar-refractivity contribution in [3.8, 4) is 11.6 Å². The Morgan fingerprint density at radius 2 is 2.00 bits per heavy atom. The van der Waals surface area contributed by atoms with Gasteiger partial charge in [0.05, 0.1) is 17.9 Å². The number of hydrogen-bond donors (Lipinski definition) is 1. The number of carboxylic acid groups (broad SMARTS) is 1. The minimum atomic E-state index is -0.876. The zero-order valence-electron chi connectivity index (χ0n) is 15.2. The van der Waals surface area contributed by atoms with Gasteiger partial charge in [-0.15, -0.1) is 0 Å². The molecule has 1 saturated heterocycles. The third-order valence-corrected chi connectivity index (χ3v) is 4.82. The summed E-state index contributed by atoms with van der Waals surface area (Å²) in [6.45, 7) is 4.80. The van der Waals surface area contributed by atoms with E-state index in [0.717, 1.165) is 16.8 Å². The van der Waals surface area contributed by atoms with Crippen molar-refractivity contribution in [2.75, 3.05) is 13.1 Å². The van der Waals surface area contributed by atoms with E-state index in [4.69, 9.17) is 9.84 Å². The lowest BCUT2D eigenvalue weighted by molar-refractivity contribution is 0.124. The molecule has 0 saturated carbocycles. The van der Waals surface area contributed by atoms with Gasteiger partial charge in [0, 0.05) is 18.8 Å². The van der Waals surface area contributed by atoms with Gasteiger partial charge in [-0.2, -0.15) is 5.10 Å². The molecule has 0 unspecified atom stereocenters. The zero-order chi connectivity index (χ0) is 19.0. The lowest BCUT2D eigenvalue weighted by Gasteiger charge is -2.30. The Bertz CT molecular complexity index is 994.